The van der Waals surface area contributed by atoms with Crippen molar-refractivity contribution in [3.8, 4) is 17.0 Å². The molecule has 2 aromatic heterocycles. The molecule has 6 heteroatoms. The maximum atomic E-state index is 12.2. The van der Waals surface area contributed by atoms with E-state index < -0.39 is 0 Å². The number of nitrogens with zero attached hydrogens (tertiary/aromatic N) is 2. The molecule has 1 aromatic carbocycles. The number of ether oxygens (including phenoxy) is 1. The summed E-state index contributed by atoms with van der Waals surface area (Å²) in [4.78, 5) is 20.8. The SMILES string of the molecule is COc1ccnc(CNC(=O)c2nc(-c3ccccc3)cs2)c1. The molecule has 0 fully saturated rings. The monoisotopic (exact) mass is 325 g/mol. The second kappa shape index (κ2) is 7.02. The molecule has 3 rings (SSSR count). The first-order chi connectivity index (χ1) is 11.3. The molecule has 1 amide bonds. The Kier molecular flexibility index (Phi) is 4.63. The molecule has 0 spiro atoms. The second-order valence-electron chi connectivity index (χ2n) is 4.77. The van der Waals surface area contributed by atoms with Gasteiger partial charge in [-0.3, -0.25) is 9.78 Å². The minimum atomic E-state index is -0.207. The maximum Gasteiger partial charge on any atom is 0.280 e. The fourth-order valence-corrected chi connectivity index (χ4v) is 2.79. The molecular weight excluding hydrogens is 310 g/mol. The molecule has 1 N–H and O–H groups in total. The Balaban J connectivity index is 1.66. The van der Waals surface area contributed by atoms with Gasteiger partial charge in [0.25, 0.3) is 5.91 Å². The van der Waals surface area contributed by atoms with E-state index in [0.717, 1.165) is 17.0 Å². The third-order valence-electron chi connectivity index (χ3n) is 3.22. The largest absolute Gasteiger partial charge is 0.497 e. The van der Waals surface area contributed by atoms with E-state index in [-0.39, 0.29) is 5.91 Å². The summed E-state index contributed by atoms with van der Waals surface area (Å²) >= 11 is 1.33. The van der Waals surface area contributed by atoms with E-state index >= 15 is 0 Å². The number of carbonyl (C=O) groups excluding carboxylic acids is 1. The smallest absolute Gasteiger partial charge is 0.280 e. The average Bonchev–Trinajstić information content (AvgIpc) is 3.11. The Morgan fingerprint density at radius 2 is 2.09 bits per heavy atom. The van der Waals surface area contributed by atoms with Gasteiger partial charge in [0.2, 0.25) is 0 Å². The first-order valence-corrected chi connectivity index (χ1v) is 7.92. The van der Waals surface area contributed by atoms with Gasteiger partial charge in [0.05, 0.1) is 25.0 Å². The lowest BCUT2D eigenvalue weighted by Crippen LogP contribution is -2.23. The van der Waals surface area contributed by atoms with E-state index in [1.165, 1.54) is 11.3 Å². The van der Waals surface area contributed by atoms with Crippen molar-refractivity contribution in [2.45, 2.75) is 6.54 Å². The zero-order valence-electron chi connectivity index (χ0n) is 12.5. The number of rotatable bonds is 5. The average molecular weight is 325 g/mol. The van der Waals surface area contributed by atoms with E-state index in [1.807, 2.05) is 35.7 Å². The molecule has 0 saturated carbocycles. The van der Waals surface area contributed by atoms with Crippen molar-refractivity contribution in [1.82, 2.24) is 15.3 Å². The molecule has 0 aliphatic heterocycles. The Labute approximate surface area is 138 Å². The van der Waals surface area contributed by atoms with E-state index in [0.29, 0.717) is 17.3 Å². The zero-order chi connectivity index (χ0) is 16.1. The molecule has 5 nitrogen and oxygen atoms in total. The highest BCUT2D eigenvalue weighted by Crippen LogP contribution is 2.21. The van der Waals surface area contributed by atoms with Crippen LogP contribution >= 0.6 is 11.3 Å². The number of carbonyl (C=O) groups is 1. The summed E-state index contributed by atoms with van der Waals surface area (Å²) < 4.78 is 5.14. The summed E-state index contributed by atoms with van der Waals surface area (Å²) in [5.41, 5.74) is 2.54. The number of pyridine rings is 1. The number of amides is 1. The fourth-order valence-electron chi connectivity index (χ4n) is 2.05. The molecule has 0 aliphatic carbocycles. The van der Waals surface area contributed by atoms with Crippen molar-refractivity contribution >= 4 is 17.2 Å². The van der Waals surface area contributed by atoms with Gasteiger partial charge in [-0.25, -0.2) is 4.98 Å². The number of nitrogens with one attached hydrogen (secondary N) is 1. The minimum Gasteiger partial charge on any atom is -0.497 e. The molecule has 0 radical (unpaired) electrons. The Bertz CT molecular complexity index is 802. The first-order valence-electron chi connectivity index (χ1n) is 7.04. The zero-order valence-corrected chi connectivity index (χ0v) is 13.3. The van der Waals surface area contributed by atoms with Crippen LogP contribution in [0.5, 0.6) is 5.75 Å². The van der Waals surface area contributed by atoms with Crippen LogP contribution in [0.25, 0.3) is 11.3 Å². The van der Waals surface area contributed by atoms with Gasteiger partial charge in [0, 0.05) is 23.2 Å². The Morgan fingerprint density at radius 1 is 1.26 bits per heavy atom. The molecule has 3 aromatic rings. The van der Waals surface area contributed by atoms with Crippen molar-refractivity contribution in [3.63, 3.8) is 0 Å². The lowest BCUT2D eigenvalue weighted by molar-refractivity contribution is 0.0950. The van der Waals surface area contributed by atoms with Crippen LogP contribution < -0.4 is 10.1 Å². The maximum absolute atomic E-state index is 12.2. The van der Waals surface area contributed by atoms with E-state index in [1.54, 1.807) is 25.4 Å². The molecule has 0 saturated heterocycles. The second-order valence-corrected chi connectivity index (χ2v) is 5.63. The Hall–Kier alpha value is -2.73. The predicted molar refractivity (Wildman–Crippen MR) is 89.5 cm³/mol. The van der Waals surface area contributed by atoms with Crippen molar-refractivity contribution in [3.05, 3.63) is 64.7 Å². The van der Waals surface area contributed by atoms with Gasteiger partial charge in [0.15, 0.2) is 5.01 Å². The van der Waals surface area contributed by atoms with Gasteiger partial charge in [-0.05, 0) is 6.07 Å². The van der Waals surface area contributed by atoms with Gasteiger partial charge in [-0.2, -0.15) is 0 Å². The number of aromatic nitrogens is 2. The summed E-state index contributed by atoms with van der Waals surface area (Å²) in [6.07, 6.45) is 1.65. The summed E-state index contributed by atoms with van der Waals surface area (Å²) in [5.74, 6) is 0.506. The number of hydrogen-bond donors (Lipinski definition) is 1. The van der Waals surface area contributed by atoms with Crippen LogP contribution in [0.3, 0.4) is 0 Å². The van der Waals surface area contributed by atoms with Crippen LogP contribution in [-0.2, 0) is 6.54 Å². The highest BCUT2D eigenvalue weighted by molar-refractivity contribution is 7.12. The van der Waals surface area contributed by atoms with Crippen LogP contribution in [0.1, 0.15) is 15.5 Å². The molecule has 0 atom stereocenters. The highest BCUT2D eigenvalue weighted by Gasteiger charge is 2.12. The summed E-state index contributed by atoms with van der Waals surface area (Å²) in [6.45, 7) is 0.330. The van der Waals surface area contributed by atoms with Gasteiger partial charge in [0.1, 0.15) is 5.75 Å². The number of benzene rings is 1. The van der Waals surface area contributed by atoms with Crippen LogP contribution in [-0.4, -0.2) is 23.0 Å². The first kappa shape index (κ1) is 15.2. The molecule has 23 heavy (non-hydrogen) atoms. The number of thiazole rings is 1. The third kappa shape index (κ3) is 3.73. The van der Waals surface area contributed by atoms with E-state index in [4.69, 9.17) is 4.74 Å². The third-order valence-corrected chi connectivity index (χ3v) is 4.06. The standard InChI is InChI=1S/C17H15N3O2S/c1-22-14-7-8-18-13(9-14)10-19-16(21)17-20-15(11-23-17)12-5-3-2-4-6-12/h2-9,11H,10H2,1H3,(H,19,21). The van der Waals surface area contributed by atoms with Crippen molar-refractivity contribution < 1.29 is 9.53 Å². The van der Waals surface area contributed by atoms with Crippen molar-refractivity contribution in [1.29, 1.82) is 0 Å². The predicted octanol–water partition coefficient (Wildman–Crippen LogP) is 3.14. The normalized spacial score (nSPS) is 10.3. The lowest BCUT2D eigenvalue weighted by Gasteiger charge is -2.04. The Morgan fingerprint density at radius 3 is 2.87 bits per heavy atom. The quantitative estimate of drug-likeness (QED) is 0.783. The minimum absolute atomic E-state index is 0.207. The van der Waals surface area contributed by atoms with Gasteiger partial charge < -0.3 is 10.1 Å². The van der Waals surface area contributed by atoms with Crippen LogP contribution in [0.2, 0.25) is 0 Å². The van der Waals surface area contributed by atoms with Crippen molar-refractivity contribution in [2.24, 2.45) is 0 Å². The number of hydrogen-bond acceptors (Lipinski definition) is 5. The van der Waals surface area contributed by atoms with E-state index in [9.17, 15) is 4.79 Å². The fraction of sp³-hybridized carbons (Fsp3) is 0.118. The van der Waals surface area contributed by atoms with Gasteiger partial charge >= 0.3 is 0 Å². The van der Waals surface area contributed by atoms with E-state index in [2.05, 4.69) is 15.3 Å². The molecule has 0 aliphatic rings. The molecule has 0 bridgehead atoms. The van der Waals surface area contributed by atoms with Crippen molar-refractivity contribution in [2.75, 3.05) is 7.11 Å². The van der Waals surface area contributed by atoms with Crippen LogP contribution in [0.4, 0.5) is 0 Å². The molecule has 2 heterocycles. The molecule has 0 unspecified atom stereocenters. The van der Waals surface area contributed by atoms with Crippen LogP contribution in [0, 0.1) is 0 Å². The molecule has 116 valence electrons. The lowest BCUT2D eigenvalue weighted by atomic mass is 10.2. The summed E-state index contributed by atoms with van der Waals surface area (Å²) in [5, 5.41) is 5.14. The highest BCUT2D eigenvalue weighted by atomic mass is 32.1. The summed E-state index contributed by atoms with van der Waals surface area (Å²) in [6, 6.07) is 13.3. The topological polar surface area (TPSA) is 64.1 Å². The van der Waals surface area contributed by atoms with Gasteiger partial charge in [-0.1, -0.05) is 30.3 Å². The number of methoxy groups -OCH3 is 1. The van der Waals surface area contributed by atoms with Crippen LogP contribution in [0.15, 0.2) is 54.0 Å². The summed E-state index contributed by atoms with van der Waals surface area (Å²) in [7, 11) is 1.60. The molecular formula is C17H15N3O2S. The van der Waals surface area contributed by atoms with Gasteiger partial charge in [-0.15, -0.1) is 11.3 Å².